The molecule has 4 unspecified atom stereocenters. The third kappa shape index (κ3) is 7.19. The lowest BCUT2D eigenvalue weighted by Gasteiger charge is -2.37. The number of nitrogens with one attached hydrogen (secondary N) is 2. The van der Waals surface area contributed by atoms with Crippen LogP contribution >= 0.6 is 0 Å². The molecule has 0 bridgehead atoms. The molecule has 2 rings (SSSR count). The van der Waals surface area contributed by atoms with E-state index in [0.29, 0.717) is 0 Å². The van der Waals surface area contributed by atoms with Crippen LogP contribution in [0.5, 0.6) is 0 Å². The highest BCUT2D eigenvalue weighted by Gasteiger charge is 2.49. The molecule has 34 heavy (non-hydrogen) atoms. The van der Waals surface area contributed by atoms with Crippen LogP contribution in [0.3, 0.4) is 0 Å². The van der Waals surface area contributed by atoms with Gasteiger partial charge in [0.25, 0.3) is 0 Å². The molecule has 0 saturated heterocycles. The number of amides is 3. The van der Waals surface area contributed by atoms with Gasteiger partial charge in [0, 0.05) is 11.6 Å². The Labute approximate surface area is 203 Å². The molecule has 3 N–H and O–H groups in total. The number of carbonyl (C=O) groups is 3. The van der Waals surface area contributed by atoms with Gasteiger partial charge < -0.3 is 25.4 Å². The maximum Gasteiger partial charge on any atom is 0.408 e. The fourth-order valence-corrected chi connectivity index (χ4v) is 4.08. The summed E-state index contributed by atoms with van der Waals surface area (Å²) < 4.78 is 5.28. The highest BCUT2D eigenvalue weighted by molar-refractivity contribution is 5.93. The second-order valence-electron chi connectivity index (χ2n) is 11.4. The predicted molar refractivity (Wildman–Crippen MR) is 131 cm³/mol. The van der Waals surface area contributed by atoms with Gasteiger partial charge in [0.15, 0.2) is 0 Å². The second kappa shape index (κ2) is 10.3. The summed E-state index contributed by atoms with van der Waals surface area (Å²) >= 11 is 0. The molecule has 1 aromatic carbocycles. The van der Waals surface area contributed by atoms with E-state index in [1.165, 1.54) is 0 Å². The molecule has 8 heteroatoms. The zero-order chi connectivity index (χ0) is 26.0. The predicted octanol–water partition coefficient (Wildman–Crippen LogP) is 3.38. The molecule has 1 fully saturated rings. The van der Waals surface area contributed by atoms with Gasteiger partial charge in [0.05, 0.1) is 6.61 Å². The second-order valence-corrected chi connectivity index (χ2v) is 11.4. The Hall–Kier alpha value is -2.61. The van der Waals surface area contributed by atoms with Crippen molar-refractivity contribution in [2.24, 2.45) is 5.92 Å². The fraction of sp³-hybridized carbons (Fsp3) is 0.654. The Morgan fingerprint density at radius 2 is 1.65 bits per heavy atom. The summed E-state index contributed by atoms with van der Waals surface area (Å²) in [6, 6.07) is 3.42. The molecule has 4 atom stereocenters. The minimum Gasteiger partial charge on any atom is -0.444 e. The maximum atomic E-state index is 13.8. The van der Waals surface area contributed by atoms with Crippen molar-refractivity contribution in [2.75, 3.05) is 6.61 Å². The van der Waals surface area contributed by atoms with Crippen molar-refractivity contribution in [3.8, 4) is 0 Å². The zero-order valence-electron chi connectivity index (χ0n) is 22.0. The Kier molecular flexibility index (Phi) is 8.40. The first kappa shape index (κ1) is 27.6. The number of aliphatic hydroxyl groups is 1. The summed E-state index contributed by atoms with van der Waals surface area (Å²) in [5.74, 6) is -0.621. The summed E-state index contributed by atoms with van der Waals surface area (Å²) in [7, 11) is 0. The van der Waals surface area contributed by atoms with E-state index in [1.807, 2.05) is 59.7 Å². The van der Waals surface area contributed by atoms with E-state index in [-0.39, 0.29) is 17.9 Å². The molecule has 0 aromatic heterocycles. The zero-order valence-corrected chi connectivity index (χ0v) is 22.0. The lowest BCUT2D eigenvalue weighted by Crippen LogP contribution is -2.56. The SMILES string of the molecule is Cc1cccc(C)c1C(C(=O)NC(C)(C)C)N(C(=O)C(CO)NC(=O)OC(C)(C)C)C1CC1C. The minimum absolute atomic E-state index is 0.184. The third-order valence-electron chi connectivity index (χ3n) is 5.69. The first-order valence-electron chi connectivity index (χ1n) is 11.9. The number of hydrogen-bond donors (Lipinski definition) is 3. The van der Waals surface area contributed by atoms with E-state index < -0.39 is 41.8 Å². The van der Waals surface area contributed by atoms with Gasteiger partial charge in [-0.3, -0.25) is 9.59 Å². The van der Waals surface area contributed by atoms with Crippen LogP contribution in [0.2, 0.25) is 0 Å². The molecule has 0 heterocycles. The minimum atomic E-state index is -1.24. The topological polar surface area (TPSA) is 108 Å². The molecule has 3 amide bonds. The molecular formula is C26H41N3O5. The Balaban J connectivity index is 2.53. The van der Waals surface area contributed by atoms with Gasteiger partial charge in [0.2, 0.25) is 11.8 Å². The number of ether oxygens (including phenoxy) is 1. The van der Waals surface area contributed by atoms with Crippen molar-refractivity contribution in [3.05, 3.63) is 34.9 Å². The average Bonchev–Trinajstić information content (AvgIpc) is 3.37. The van der Waals surface area contributed by atoms with Crippen molar-refractivity contribution >= 4 is 17.9 Å². The van der Waals surface area contributed by atoms with Crippen molar-refractivity contribution in [2.45, 2.75) is 98.0 Å². The van der Waals surface area contributed by atoms with Gasteiger partial charge in [-0.25, -0.2) is 4.79 Å². The number of aryl methyl sites for hydroxylation is 2. The van der Waals surface area contributed by atoms with E-state index in [1.54, 1.807) is 25.7 Å². The van der Waals surface area contributed by atoms with Crippen LogP contribution < -0.4 is 10.6 Å². The van der Waals surface area contributed by atoms with Gasteiger partial charge in [-0.2, -0.15) is 0 Å². The lowest BCUT2D eigenvalue weighted by atomic mass is 9.92. The highest BCUT2D eigenvalue weighted by Crippen LogP contribution is 2.42. The number of nitrogens with zero attached hydrogens (tertiary/aromatic N) is 1. The number of rotatable bonds is 7. The third-order valence-corrected chi connectivity index (χ3v) is 5.69. The number of alkyl carbamates (subject to hydrolysis) is 1. The quantitative estimate of drug-likeness (QED) is 0.560. The number of benzene rings is 1. The summed E-state index contributed by atoms with van der Waals surface area (Å²) in [5, 5.41) is 15.5. The van der Waals surface area contributed by atoms with E-state index in [4.69, 9.17) is 4.74 Å². The van der Waals surface area contributed by atoms with Crippen LogP contribution in [-0.4, -0.2) is 57.7 Å². The molecule has 1 aliphatic carbocycles. The van der Waals surface area contributed by atoms with Gasteiger partial charge >= 0.3 is 6.09 Å². The van der Waals surface area contributed by atoms with Crippen molar-refractivity contribution < 1.29 is 24.2 Å². The van der Waals surface area contributed by atoms with Crippen molar-refractivity contribution in [1.29, 1.82) is 0 Å². The monoisotopic (exact) mass is 475 g/mol. The summed E-state index contributed by atoms with van der Waals surface area (Å²) in [6.07, 6.45) is -0.0629. The Bertz CT molecular complexity index is 896. The van der Waals surface area contributed by atoms with Crippen LogP contribution in [0.25, 0.3) is 0 Å². The lowest BCUT2D eigenvalue weighted by molar-refractivity contribution is -0.144. The summed E-state index contributed by atoms with van der Waals surface area (Å²) in [6.45, 7) is 16.1. The number of hydrogen-bond acceptors (Lipinski definition) is 5. The molecule has 0 radical (unpaired) electrons. The van der Waals surface area contributed by atoms with Crippen LogP contribution in [-0.2, 0) is 14.3 Å². The molecule has 8 nitrogen and oxygen atoms in total. The molecule has 1 aromatic rings. The van der Waals surface area contributed by atoms with E-state index in [0.717, 1.165) is 23.1 Å². The number of carbonyl (C=O) groups excluding carboxylic acids is 3. The molecule has 190 valence electrons. The standard InChI is InChI=1S/C26H41N3O5/c1-15-11-10-12-16(2)20(15)21(22(31)28-25(4,5)6)29(19-13-17(19)3)23(32)18(14-30)27-24(33)34-26(7,8)9/h10-12,17-19,21,30H,13-14H2,1-9H3,(H,27,33)(H,28,31). The van der Waals surface area contributed by atoms with Gasteiger partial charge in [-0.05, 0) is 84.4 Å². The van der Waals surface area contributed by atoms with E-state index in [9.17, 15) is 19.5 Å². The van der Waals surface area contributed by atoms with Gasteiger partial charge in [0.1, 0.15) is 17.7 Å². The summed E-state index contributed by atoms with van der Waals surface area (Å²) in [4.78, 5) is 41.5. The van der Waals surface area contributed by atoms with Crippen LogP contribution in [0.1, 0.15) is 77.6 Å². The molecule has 0 aliphatic heterocycles. The Morgan fingerprint density at radius 3 is 2.06 bits per heavy atom. The number of aliphatic hydroxyl groups excluding tert-OH is 1. The molecular weight excluding hydrogens is 434 g/mol. The smallest absolute Gasteiger partial charge is 0.408 e. The maximum absolute atomic E-state index is 13.8. The highest BCUT2D eigenvalue weighted by atomic mass is 16.6. The van der Waals surface area contributed by atoms with E-state index in [2.05, 4.69) is 10.6 Å². The summed E-state index contributed by atoms with van der Waals surface area (Å²) in [5.41, 5.74) is 1.26. The van der Waals surface area contributed by atoms with Crippen LogP contribution in [0, 0.1) is 19.8 Å². The largest absolute Gasteiger partial charge is 0.444 e. The Morgan fingerprint density at radius 1 is 1.12 bits per heavy atom. The van der Waals surface area contributed by atoms with Crippen molar-refractivity contribution in [1.82, 2.24) is 15.5 Å². The first-order valence-corrected chi connectivity index (χ1v) is 11.9. The van der Waals surface area contributed by atoms with Gasteiger partial charge in [-0.15, -0.1) is 0 Å². The van der Waals surface area contributed by atoms with Gasteiger partial charge in [-0.1, -0.05) is 25.1 Å². The van der Waals surface area contributed by atoms with Crippen LogP contribution in [0.15, 0.2) is 18.2 Å². The normalized spacial score (nSPS) is 19.6. The average molecular weight is 476 g/mol. The molecule has 1 saturated carbocycles. The van der Waals surface area contributed by atoms with Crippen LogP contribution in [0.4, 0.5) is 4.79 Å². The van der Waals surface area contributed by atoms with Crippen molar-refractivity contribution in [3.63, 3.8) is 0 Å². The van der Waals surface area contributed by atoms with E-state index >= 15 is 0 Å². The molecule has 1 aliphatic rings. The molecule has 0 spiro atoms. The fourth-order valence-electron chi connectivity index (χ4n) is 4.08. The first-order chi connectivity index (χ1) is 15.6.